The van der Waals surface area contributed by atoms with Crippen molar-refractivity contribution in [1.82, 2.24) is 10.2 Å². The number of carbonyl (C=O) groups is 3. The lowest BCUT2D eigenvalue weighted by Gasteiger charge is -2.19. The van der Waals surface area contributed by atoms with Gasteiger partial charge in [-0.2, -0.15) is 0 Å². The Labute approximate surface area is 121 Å². The van der Waals surface area contributed by atoms with Crippen molar-refractivity contribution in [2.24, 2.45) is 5.73 Å². The van der Waals surface area contributed by atoms with Gasteiger partial charge >= 0.3 is 12.0 Å². The first kappa shape index (κ1) is 14.8. The topological polar surface area (TPSA) is 113 Å². The third-order valence-electron chi connectivity index (χ3n) is 3.29. The molecule has 0 bridgehead atoms. The number of primary amides is 1. The summed E-state index contributed by atoms with van der Waals surface area (Å²) < 4.78 is 0. The predicted molar refractivity (Wildman–Crippen MR) is 74.5 cm³/mol. The molecule has 7 nitrogen and oxygen atoms in total. The Hall–Kier alpha value is -2.57. The van der Waals surface area contributed by atoms with E-state index in [4.69, 9.17) is 10.8 Å². The van der Waals surface area contributed by atoms with Crippen LogP contribution in [0.5, 0.6) is 0 Å². The van der Waals surface area contributed by atoms with E-state index >= 15 is 0 Å². The Morgan fingerprint density at radius 1 is 1.24 bits per heavy atom. The van der Waals surface area contributed by atoms with Crippen molar-refractivity contribution < 1.29 is 19.5 Å². The monoisotopic (exact) mass is 291 g/mol. The van der Waals surface area contributed by atoms with Crippen LogP contribution in [0.4, 0.5) is 4.79 Å². The summed E-state index contributed by atoms with van der Waals surface area (Å²) in [6.07, 6.45) is 0.799. The summed E-state index contributed by atoms with van der Waals surface area (Å²) in [5.74, 6) is -1.71. The summed E-state index contributed by atoms with van der Waals surface area (Å²) in [6.45, 7) is -0.974. The summed E-state index contributed by atoms with van der Waals surface area (Å²) >= 11 is 0. The zero-order valence-corrected chi connectivity index (χ0v) is 11.4. The molecule has 112 valence electrons. The SMILES string of the molecule is NC(=O)CN(CC(=O)O)C(=O)NC1CC1c1ccccc1. The van der Waals surface area contributed by atoms with Crippen molar-refractivity contribution in [3.8, 4) is 0 Å². The Morgan fingerprint density at radius 3 is 2.48 bits per heavy atom. The van der Waals surface area contributed by atoms with Crippen LogP contribution in [0.15, 0.2) is 30.3 Å². The molecule has 1 saturated carbocycles. The Morgan fingerprint density at radius 2 is 1.90 bits per heavy atom. The van der Waals surface area contributed by atoms with Crippen LogP contribution in [0.1, 0.15) is 17.9 Å². The second-order valence-corrected chi connectivity index (χ2v) is 5.02. The highest BCUT2D eigenvalue weighted by atomic mass is 16.4. The van der Waals surface area contributed by atoms with Crippen molar-refractivity contribution in [3.63, 3.8) is 0 Å². The van der Waals surface area contributed by atoms with Gasteiger partial charge in [0.2, 0.25) is 5.91 Å². The van der Waals surface area contributed by atoms with Crippen molar-refractivity contribution >= 4 is 17.9 Å². The number of nitrogens with one attached hydrogen (secondary N) is 1. The van der Waals surface area contributed by atoms with Crippen molar-refractivity contribution in [1.29, 1.82) is 0 Å². The summed E-state index contributed by atoms with van der Waals surface area (Å²) in [7, 11) is 0. The Bertz CT molecular complexity index is 530. The van der Waals surface area contributed by atoms with E-state index < -0.39 is 31.0 Å². The van der Waals surface area contributed by atoms with Crippen LogP contribution < -0.4 is 11.1 Å². The number of hydrogen-bond donors (Lipinski definition) is 3. The number of carbonyl (C=O) groups excluding carboxylic acids is 2. The van der Waals surface area contributed by atoms with Gasteiger partial charge in [-0.3, -0.25) is 9.59 Å². The van der Waals surface area contributed by atoms with Crippen LogP contribution in [0, 0.1) is 0 Å². The minimum atomic E-state index is -1.19. The van der Waals surface area contributed by atoms with Crippen molar-refractivity contribution in [2.75, 3.05) is 13.1 Å². The molecular formula is C14H17N3O4. The highest BCUT2D eigenvalue weighted by Gasteiger charge is 2.40. The fourth-order valence-corrected chi connectivity index (χ4v) is 2.22. The van der Waals surface area contributed by atoms with E-state index in [9.17, 15) is 14.4 Å². The Kier molecular flexibility index (Phi) is 4.42. The minimum absolute atomic E-state index is 0.0379. The normalized spacial score (nSPS) is 19.6. The van der Waals surface area contributed by atoms with Crippen LogP contribution in [0.3, 0.4) is 0 Å². The Balaban J connectivity index is 1.91. The van der Waals surface area contributed by atoms with Gasteiger partial charge in [-0.05, 0) is 12.0 Å². The number of hydrogen-bond acceptors (Lipinski definition) is 3. The average molecular weight is 291 g/mol. The quantitative estimate of drug-likeness (QED) is 0.691. The molecule has 7 heteroatoms. The molecule has 0 spiro atoms. The molecule has 3 amide bonds. The van der Waals surface area contributed by atoms with E-state index in [1.807, 2.05) is 30.3 Å². The first-order chi connectivity index (χ1) is 9.97. The summed E-state index contributed by atoms with van der Waals surface area (Å²) in [6, 6.07) is 9.11. The molecule has 2 unspecified atom stereocenters. The molecule has 0 heterocycles. The van der Waals surface area contributed by atoms with Gasteiger partial charge in [-0.1, -0.05) is 30.3 Å². The van der Waals surface area contributed by atoms with Gasteiger partial charge in [0.1, 0.15) is 13.1 Å². The molecule has 0 aliphatic heterocycles. The van der Waals surface area contributed by atoms with Crippen LogP contribution in [-0.2, 0) is 9.59 Å². The van der Waals surface area contributed by atoms with E-state index in [-0.39, 0.29) is 12.0 Å². The average Bonchev–Trinajstić information content (AvgIpc) is 3.17. The number of carboxylic acids is 1. The highest BCUT2D eigenvalue weighted by molar-refractivity contribution is 5.86. The number of aliphatic carboxylic acids is 1. The van der Waals surface area contributed by atoms with Gasteiger partial charge in [0.15, 0.2) is 0 Å². The second-order valence-electron chi connectivity index (χ2n) is 5.02. The zero-order valence-electron chi connectivity index (χ0n) is 11.4. The number of urea groups is 1. The molecule has 1 aromatic carbocycles. The number of nitrogens with two attached hydrogens (primary N) is 1. The third kappa shape index (κ3) is 4.20. The van der Waals surface area contributed by atoms with Crippen LogP contribution >= 0.6 is 0 Å². The number of amides is 3. The maximum absolute atomic E-state index is 12.0. The molecule has 1 fully saturated rings. The first-order valence-electron chi connectivity index (χ1n) is 6.58. The van der Waals surface area contributed by atoms with E-state index in [0.29, 0.717) is 0 Å². The maximum Gasteiger partial charge on any atom is 0.323 e. The van der Waals surface area contributed by atoms with Gasteiger partial charge in [-0.15, -0.1) is 0 Å². The minimum Gasteiger partial charge on any atom is -0.480 e. The summed E-state index contributed by atoms with van der Waals surface area (Å²) in [5, 5.41) is 11.5. The van der Waals surface area contributed by atoms with Crippen molar-refractivity contribution in [2.45, 2.75) is 18.4 Å². The standard InChI is InChI=1S/C14H17N3O4/c15-12(18)7-17(8-13(19)20)14(21)16-11-6-10(11)9-4-2-1-3-5-9/h1-5,10-11H,6-8H2,(H2,15,18)(H,16,21)(H,19,20). The van der Waals surface area contributed by atoms with Crippen LogP contribution in [0.25, 0.3) is 0 Å². The molecular weight excluding hydrogens is 274 g/mol. The maximum atomic E-state index is 12.0. The molecule has 0 aromatic heterocycles. The molecule has 0 saturated heterocycles. The second kappa shape index (κ2) is 6.25. The largest absolute Gasteiger partial charge is 0.480 e. The molecule has 1 aromatic rings. The van der Waals surface area contributed by atoms with Gasteiger partial charge in [-0.25, -0.2) is 4.79 Å². The number of carboxylic acid groups (broad SMARTS) is 1. The summed E-state index contributed by atoms with van der Waals surface area (Å²) in [4.78, 5) is 34.5. The molecule has 2 atom stereocenters. The molecule has 4 N–H and O–H groups in total. The van der Waals surface area contributed by atoms with E-state index in [0.717, 1.165) is 16.9 Å². The highest BCUT2D eigenvalue weighted by Crippen LogP contribution is 2.40. The molecule has 2 rings (SSSR count). The fraction of sp³-hybridized carbons (Fsp3) is 0.357. The van der Waals surface area contributed by atoms with Gasteiger partial charge in [0.25, 0.3) is 0 Å². The number of rotatable bonds is 6. The van der Waals surface area contributed by atoms with Gasteiger partial charge in [0, 0.05) is 12.0 Å². The molecule has 1 aliphatic carbocycles. The fourth-order valence-electron chi connectivity index (χ4n) is 2.22. The zero-order chi connectivity index (χ0) is 15.4. The van der Waals surface area contributed by atoms with Crippen molar-refractivity contribution in [3.05, 3.63) is 35.9 Å². The first-order valence-corrected chi connectivity index (χ1v) is 6.58. The number of nitrogens with zero attached hydrogens (tertiary/aromatic N) is 1. The summed E-state index contributed by atoms with van der Waals surface area (Å²) in [5.41, 5.74) is 6.15. The van der Waals surface area contributed by atoms with Gasteiger partial charge in [0.05, 0.1) is 0 Å². The van der Waals surface area contributed by atoms with E-state index in [1.54, 1.807) is 0 Å². The predicted octanol–water partition coefficient (Wildman–Crippen LogP) is 0.124. The lowest BCUT2D eigenvalue weighted by molar-refractivity contribution is -0.137. The molecule has 0 radical (unpaired) electrons. The van der Waals surface area contributed by atoms with Crippen LogP contribution in [-0.4, -0.2) is 47.0 Å². The smallest absolute Gasteiger partial charge is 0.323 e. The van der Waals surface area contributed by atoms with Crippen LogP contribution in [0.2, 0.25) is 0 Å². The molecule has 21 heavy (non-hydrogen) atoms. The lowest BCUT2D eigenvalue weighted by Crippen LogP contribution is -2.47. The third-order valence-corrected chi connectivity index (χ3v) is 3.29. The van der Waals surface area contributed by atoms with E-state index in [2.05, 4.69) is 5.32 Å². The van der Waals surface area contributed by atoms with E-state index in [1.165, 1.54) is 0 Å². The van der Waals surface area contributed by atoms with Gasteiger partial charge < -0.3 is 21.1 Å². The molecule has 1 aliphatic rings. The lowest BCUT2D eigenvalue weighted by atomic mass is 10.1. The number of benzene rings is 1.